The molecule has 0 unspecified atom stereocenters. The summed E-state index contributed by atoms with van der Waals surface area (Å²) in [4.78, 5) is 16.9. The van der Waals surface area contributed by atoms with E-state index in [0.717, 1.165) is 0 Å². The zero-order valence-corrected chi connectivity index (χ0v) is 7.97. The topological polar surface area (TPSA) is 83.6 Å². The van der Waals surface area contributed by atoms with Gasteiger partial charge < -0.3 is 15.5 Å². The SMILES string of the molecule is N[C@H](CS)CCCP(=O)(O)O. The molecule has 0 saturated carbocycles. The average Bonchev–Trinajstić information content (AvgIpc) is 1.85. The Morgan fingerprint density at radius 1 is 1.55 bits per heavy atom. The first-order valence-corrected chi connectivity index (χ1v) is 5.79. The summed E-state index contributed by atoms with van der Waals surface area (Å²) in [6.45, 7) is 0. The van der Waals surface area contributed by atoms with Crippen molar-refractivity contribution in [3.63, 3.8) is 0 Å². The van der Waals surface area contributed by atoms with E-state index in [1.165, 1.54) is 0 Å². The third-order valence-corrected chi connectivity index (χ3v) is 2.63. The number of rotatable bonds is 5. The van der Waals surface area contributed by atoms with Gasteiger partial charge in [-0.25, -0.2) is 0 Å². The van der Waals surface area contributed by atoms with Crippen molar-refractivity contribution in [2.45, 2.75) is 18.9 Å². The summed E-state index contributed by atoms with van der Waals surface area (Å²) in [5.41, 5.74) is 5.47. The number of hydrogen-bond donors (Lipinski definition) is 4. The third kappa shape index (κ3) is 8.37. The number of hydrogen-bond acceptors (Lipinski definition) is 3. The van der Waals surface area contributed by atoms with Crippen LogP contribution in [0.15, 0.2) is 0 Å². The van der Waals surface area contributed by atoms with Crippen LogP contribution >= 0.6 is 20.2 Å². The van der Waals surface area contributed by atoms with Crippen molar-refractivity contribution in [3.8, 4) is 0 Å². The second-order valence-electron chi connectivity index (χ2n) is 2.47. The molecular weight excluding hydrogens is 185 g/mol. The molecule has 0 rings (SSSR count). The van der Waals surface area contributed by atoms with Crippen molar-refractivity contribution in [2.75, 3.05) is 11.9 Å². The molecule has 0 aliphatic rings. The first kappa shape index (κ1) is 11.5. The summed E-state index contributed by atoms with van der Waals surface area (Å²) in [5.74, 6) is 0.557. The van der Waals surface area contributed by atoms with Gasteiger partial charge in [-0.1, -0.05) is 0 Å². The second kappa shape index (κ2) is 5.17. The lowest BCUT2D eigenvalue weighted by Crippen LogP contribution is -2.21. The summed E-state index contributed by atoms with van der Waals surface area (Å²) in [7, 11) is -3.81. The first-order valence-electron chi connectivity index (χ1n) is 3.36. The fourth-order valence-corrected chi connectivity index (χ4v) is 1.43. The van der Waals surface area contributed by atoms with Crippen molar-refractivity contribution in [3.05, 3.63) is 0 Å². The van der Waals surface area contributed by atoms with Crippen molar-refractivity contribution in [1.82, 2.24) is 0 Å². The van der Waals surface area contributed by atoms with Crippen LogP contribution in [0.5, 0.6) is 0 Å². The fourth-order valence-electron chi connectivity index (χ4n) is 0.651. The highest BCUT2D eigenvalue weighted by Gasteiger charge is 2.12. The minimum absolute atomic E-state index is 0.0510. The average molecular weight is 199 g/mol. The van der Waals surface area contributed by atoms with Gasteiger partial charge in [0.25, 0.3) is 0 Å². The molecule has 4 nitrogen and oxygen atoms in total. The monoisotopic (exact) mass is 199 g/mol. The Labute approximate surface area is 71.7 Å². The molecule has 0 saturated heterocycles. The van der Waals surface area contributed by atoms with Gasteiger partial charge in [0.05, 0.1) is 0 Å². The molecule has 0 radical (unpaired) electrons. The molecular formula is C5H14NO3PS. The van der Waals surface area contributed by atoms with Gasteiger partial charge >= 0.3 is 7.60 Å². The molecule has 11 heavy (non-hydrogen) atoms. The predicted molar refractivity (Wildman–Crippen MR) is 48.0 cm³/mol. The molecule has 6 heteroatoms. The molecule has 0 aliphatic heterocycles. The Morgan fingerprint density at radius 3 is 2.45 bits per heavy atom. The molecule has 0 aromatic rings. The summed E-state index contributed by atoms with van der Waals surface area (Å²) < 4.78 is 10.3. The van der Waals surface area contributed by atoms with E-state index in [2.05, 4.69) is 12.6 Å². The maximum absolute atomic E-state index is 10.3. The highest BCUT2D eigenvalue weighted by molar-refractivity contribution is 7.80. The lowest BCUT2D eigenvalue weighted by atomic mass is 10.2. The minimum Gasteiger partial charge on any atom is -0.327 e. The normalized spacial score (nSPS) is 14.9. The standard InChI is InChI=1S/C5H14NO3PS/c6-5(4-11)2-1-3-10(7,8)9/h5,11H,1-4,6H2,(H2,7,8,9)/t5-/m0/s1. The van der Waals surface area contributed by atoms with Gasteiger partial charge in [0.1, 0.15) is 0 Å². The Kier molecular flexibility index (Phi) is 5.38. The molecule has 1 atom stereocenters. The van der Waals surface area contributed by atoms with Gasteiger partial charge in [0.15, 0.2) is 0 Å². The van der Waals surface area contributed by atoms with E-state index >= 15 is 0 Å². The van der Waals surface area contributed by atoms with Crippen molar-refractivity contribution in [2.24, 2.45) is 5.73 Å². The molecule has 0 heterocycles. The van der Waals surface area contributed by atoms with E-state index in [4.69, 9.17) is 15.5 Å². The van der Waals surface area contributed by atoms with Crippen LogP contribution in [0.2, 0.25) is 0 Å². The number of nitrogens with two attached hydrogens (primary N) is 1. The molecule has 0 aromatic carbocycles. The lowest BCUT2D eigenvalue weighted by molar-refractivity contribution is 0.370. The molecule has 0 spiro atoms. The largest absolute Gasteiger partial charge is 0.327 e. The van der Waals surface area contributed by atoms with E-state index in [0.29, 0.717) is 18.6 Å². The van der Waals surface area contributed by atoms with Crippen LogP contribution in [0, 0.1) is 0 Å². The van der Waals surface area contributed by atoms with E-state index in [-0.39, 0.29) is 12.2 Å². The highest BCUT2D eigenvalue weighted by Crippen LogP contribution is 2.35. The van der Waals surface area contributed by atoms with Gasteiger partial charge in [-0.15, -0.1) is 0 Å². The molecule has 0 aromatic heterocycles. The first-order chi connectivity index (χ1) is 4.95. The Hall–Kier alpha value is 0.460. The van der Waals surface area contributed by atoms with Crippen LogP contribution in [-0.4, -0.2) is 27.7 Å². The van der Waals surface area contributed by atoms with E-state index in [9.17, 15) is 4.57 Å². The zero-order valence-electron chi connectivity index (χ0n) is 6.18. The Balaban J connectivity index is 3.35. The lowest BCUT2D eigenvalue weighted by Gasteiger charge is -2.07. The van der Waals surface area contributed by atoms with E-state index in [1.807, 2.05) is 0 Å². The summed E-state index contributed by atoms with van der Waals surface area (Å²) in [5, 5.41) is 0. The summed E-state index contributed by atoms with van der Waals surface area (Å²) in [6, 6.07) is -0.0510. The van der Waals surface area contributed by atoms with Crippen molar-refractivity contribution >= 4 is 20.2 Å². The van der Waals surface area contributed by atoms with E-state index in [1.54, 1.807) is 0 Å². The molecule has 0 bridgehead atoms. The van der Waals surface area contributed by atoms with Crippen LogP contribution in [0.1, 0.15) is 12.8 Å². The molecule has 68 valence electrons. The predicted octanol–water partition coefficient (Wildman–Crippen LogP) is 0.201. The molecule has 0 fully saturated rings. The van der Waals surface area contributed by atoms with Crippen molar-refractivity contribution in [1.29, 1.82) is 0 Å². The zero-order chi connectivity index (χ0) is 8.91. The maximum Gasteiger partial charge on any atom is 0.325 e. The Bertz CT molecular complexity index is 149. The van der Waals surface area contributed by atoms with Gasteiger partial charge in [0.2, 0.25) is 0 Å². The second-order valence-corrected chi connectivity index (χ2v) is 4.61. The van der Waals surface area contributed by atoms with Gasteiger partial charge in [0, 0.05) is 18.0 Å². The van der Waals surface area contributed by atoms with Gasteiger partial charge in [-0.05, 0) is 12.8 Å². The highest BCUT2D eigenvalue weighted by atomic mass is 32.1. The van der Waals surface area contributed by atoms with Crippen LogP contribution in [0.4, 0.5) is 0 Å². The molecule has 0 amide bonds. The van der Waals surface area contributed by atoms with Crippen LogP contribution in [-0.2, 0) is 4.57 Å². The number of thiol groups is 1. The van der Waals surface area contributed by atoms with Crippen LogP contribution in [0.3, 0.4) is 0 Å². The quantitative estimate of drug-likeness (QED) is 0.376. The molecule has 4 N–H and O–H groups in total. The molecule has 0 aliphatic carbocycles. The summed E-state index contributed by atoms with van der Waals surface area (Å²) >= 11 is 3.94. The maximum atomic E-state index is 10.3. The van der Waals surface area contributed by atoms with Crippen LogP contribution < -0.4 is 5.73 Å². The Morgan fingerprint density at radius 2 is 2.09 bits per heavy atom. The van der Waals surface area contributed by atoms with Gasteiger partial charge in [-0.3, -0.25) is 4.57 Å². The summed E-state index contributed by atoms with van der Waals surface area (Å²) in [6.07, 6.45) is 1.01. The van der Waals surface area contributed by atoms with Crippen LogP contribution in [0.25, 0.3) is 0 Å². The third-order valence-electron chi connectivity index (χ3n) is 1.26. The van der Waals surface area contributed by atoms with Crippen molar-refractivity contribution < 1.29 is 14.4 Å². The smallest absolute Gasteiger partial charge is 0.325 e. The minimum atomic E-state index is -3.81. The van der Waals surface area contributed by atoms with Gasteiger partial charge in [-0.2, -0.15) is 12.6 Å². The van der Waals surface area contributed by atoms with E-state index < -0.39 is 7.60 Å². The fraction of sp³-hybridized carbons (Fsp3) is 1.00.